The van der Waals surface area contributed by atoms with E-state index in [0.717, 1.165) is 30.9 Å². The van der Waals surface area contributed by atoms with Crippen LogP contribution in [0.5, 0.6) is 0 Å². The van der Waals surface area contributed by atoms with Crippen LogP contribution in [0.3, 0.4) is 0 Å². The summed E-state index contributed by atoms with van der Waals surface area (Å²) in [5.41, 5.74) is 5.46. The van der Waals surface area contributed by atoms with Crippen molar-refractivity contribution in [3.05, 3.63) is 95.3 Å². The van der Waals surface area contributed by atoms with Crippen molar-refractivity contribution >= 4 is 28.6 Å². The van der Waals surface area contributed by atoms with Crippen LogP contribution in [0.4, 0.5) is 15.8 Å². The van der Waals surface area contributed by atoms with Gasteiger partial charge in [-0.15, -0.1) is 0 Å². The molecule has 2 N–H and O–H groups in total. The third kappa shape index (κ3) is 5.14. The molecule has 5 nitrogen and oxygen atoms in total. The van der Waals surface area contributed by atoms with Crippen molar-refractivity contribution < 1.29 is 9.18 Å². The smallest absolute Gasteiger partial charge is 0.258 e. The molecule has 0 aliphatic carbocycles. The van der Waals surface area contributed by atoms with Gasteiger partial charge < -0.3 is 15.5 Å². The fourth-order valence-electron chi connectivity index (χ4n) is 4.97. The normalized spacial score (nSPS) is 17.9. The number of fused-ring (bicyclic) bond motifs is 1. The van der Waals surface area contributed by atoms with Crippen molar-refractivity contribution in [2.24, 2.45) is 0 Å². The maximum absolute atomic E-state index is 13.8. The average Bonchev–Trinajstić information content (AvgIpc) is 3.19. The van der Waals surface area contributed by atoms with Gasteiger partial charge in [-0.1, -0.05) is 42.5 Å². The summed E-state index contributed by atoms with van der Waals surface area (Å²) < 4.78 is 13.8. The van der Waals surface area contributed by atoms with Crippen LogP contribution in [0.15, 0.2) is 72.8 Å². The van der Waals surface area contributed by atoms with Crippen molar-refractivity contribution in [2.75, 3.05) is 37.8 Å². The molecule has 0 saturated carbocycles. The lowest BCUT2D eigenvalue weighted by atomic mass is 10.00. The summed E-state index contributed by atoms with van der Waals surface area (Å²) in [4.78, 5) is 17.8. The molecule has 180 valence electrons. The molecule has 1 saturated heterocycles. The van der Waals surface area contributed by atoms with Crippen molar-refractivity contribution in [3.8, 4) is 0 Å². The van der Waals surface area contributed by atoms with Crippen LogP contribution >= 0.6 is 0 Å². The molecule has 0 radical (unpaired) electrons. The van der Waals surface area contributed by atoms with Crippen molar-refractivity contribution in [2.45, 2.75) is 25.4 Å². The Hall–Kier alpha value is -3.48. The number of amides is 1. The average molecular weight is 471 g/mol. The molecule has 0 spiro atoms. The number of carbonyl (C=O) groups is 1. The first kappa shape index (κ1) is 23.3. The minimum atomic E-state index is -0.374. The van der Waals surface area contributed by atoms with Gasteiger partial charge in [0.25, 0.3) is 5.91 Å². The summed E-state index contributed by atoms with van der Waals surface area (Å²) in [7, 11) is 4.33. The van der Waals surface area contributed by atoms with Gasteiger partial charge in [0.1, 0.15) is 5.82 Å². The van der Waals surface area contributed by atoms with Crippen LogP contribution in [-0.4, -0.2) is 48.9 Å². The van der Waals surface area contributed by atoms with E-state index in [1.165, 1.54) is 30.5 Å². The number of likely N-dealkylation sites (tertiary alicyclic amines) is 1. The van der Waals surface area contributed by atoms with E-state index in [0.29, 0.717) is 28.6 Å². The monoisotopic (exact) mass is 470 g/mol. The van der Waals surface area contributed by atoms with Gasteiger partial charge in [-0.25, -0.2) is 4.39 Å². The number of benzene rings is 3. The lowest BCUT2D eigenvalue weighted by molar-refractivity contribution is -0.110. The van der Waals surface area contributed by atoms with Crippen LogP contribution in [-0.2, 0) is 11.3 Å². The quantitative estimate of drug-likeness (QED) is 0.481. The molecule has 2 aliphatic heterocycles. The molecule has 5 rings (SSSR count). The molecule has 0 aromatic heterocycles. The lowest BCUT2D eigenvalue weighted by Crippen LogP contribution is -2.41. The van der Waals surface area contributed by atoms with Gasteiger partial charge in [-0.3, -0.25) is 9.69 Å². The Labute approximate surface area is 206 Å². The Kier molecular flexibility index (Phi) is 6.66. The SMILES string of the molecule is CN(C)C1CCN(Cc2ccc(N/C(=C3\C(=O)Nc4cc(F)ccc43)c3ccccc3)cc2)CC1. The van der Waals surface area contributed by atoms with Gasteiger partial charge in [-0.05, 0) is 81.5 Å². The lowest BCUT2D eigenvalue weighted by Gasteiger charge is -2.35. The zero-order valence-electron chi connectivity index (χ0n) is 20.2. The van der Waals surface area contributed by atoms with Crippen LogP contribution < -0.4 is 10.6 Å². The van der Waals surface area contributed by atoms with E-state index >= 15 is 0 Å². The Morgan fingerprint density at radius 2 is 1.74 bits per heavy atom. The van der Waals surface area contributed by atoms with Crippen LogP contribution in [0.2, 0.25) is 0 Å². The van der Waals surface area contributed by atoms with Gasteiger partial charge in [0.05, 0.1) is 17.0 Å². The first-order valence-corrected chi connectivity index (χ1v) is 12.1. The molecule has 0 unspecified atom stereocenters. The Balaban J connectivity index is 1.38. The molecule has 0 atom stereocenters. The van der Waals surface area contributed by atoms with E-state index in [1.807, 2.05) is 30.3 Å². The molecule has 2 aliphatic rings. The minimum Gasteiger partial charge on any atom is -0.354 e. The van der Waals surface area contributed by atoms with Crippen LogP contribution in [0, 0.1) is 5.82 Å². The maximum Gasteiger partial charge on any atom is 0.258 e. The molecule has 3 aromatic rings. The third-order valence-corrected chi connectivity index (χ3v) is 6.96. The highest BCUT2D eigenvalue weighted by Gasteiger charge is 2.29. The largest absolute Gasteiger partial charge is 0.354 e. The summed E-state index contributed by atoms with van der Waals surface area (Å²) in [5, 5.41) is 6.28. The highest BCUT2D eigenvalue weighted by Crippen LogP contribution is 2.37. The van der Waals surface area contributed by atoms with Gasteiger partial charge in [0.15, 0.2) is 0 Å². The van der Waals surface area contributed by atoms with Crippen molar-refractivity contribution in [3.63, 3.8) is 0 Å². The third-order valence-electron chi connectivity index (χ3n) is 6.96. The highest BCUT2D eigenvalue weighted by atomic mass is 19.1. The van der Waals surface area contributed by atoms with Gasteiger partial charge in [0.2, 0.25) is 0 Å². The van der Waals surface area contributed by atoms with E-state index in [-0.39, 0.29) is 11.7 Å². The topological polar surface area (TPSA) is 47.6 Å². The maximum atomic E-state index is 13.8. The summed E-state index contributed by atoms with van der Waals surface area (Å²) in [6.45, 7) is 3.17. The fourth-order valence-corrected chi connectivity index (χ4v) is 4.97. The van der Waals surface area contributed by atoms with E-state index < -0.39 is 0 Å². The van der Waals surface area contributed by atoms with Crippen LogP contribution in [0.1, 0.15) is 29.5 Å². The second-order valence-corrected chi connectivity index (χ2v) is 9.55. The molecular formula is C29H31FN4O. The molecule has 1 fully saturated rings. The molecule has 35 heavy (non-hydrogen) atoms. The summed E-state index contributed by atoms with van der Waals surface area (Å²) in [6.07, 6.45) is 2.40. The Morgan fingerprint density at radius 3 is 2.43 bits per heavy atom. The number of halogens is 1. The van der Waals surface area contributed by atoms with E-state index in [2.05, 4.69) is 58.8 Å². The molecular weight excluding hydrogens is 439 g/mol. The number of nitrogens with one attached hydrogen (secondary N) is 2. The van der Waals surface area contributed by atoms with Crippen molar-refractivity contribution in [1.29, 1.82) is 0 Å². The van der Waals surface area contributed by atoms with Gasteiger partial charge in [-0.2, -0.15) is 0 Å². The fraction of sp³-hybridized carbons (Fsp3) is 0.276. The molecule has 6 heteroatoms. The molecule has 2 heterocycles. The first-order valence-electron chi connectivity index (χ1n) is 12.1. The zero-order valence-corrected chi connectivity index (χ0v) is 20.2. The first-order chi connectivity index (χ1) is 17.0. The van der Waals surface area contributed by atoms with E-state index in [4.69, 9.17) is 0 Å². The number of carbonyl (C=O) groups excluding carboxylic acids is 1. The van der Waals surface area contributed by atoms with Crippen molar-refractivity contribution in [1.82, 2.24) is 9.80 Å². The molecule has 1 amide bonds. The number of anilines is 2. The van der Waals surface area contributed by atoms with Gasteiger partial charge >= 0.3 is 0 Å². The summed E-state index contributed by atoms with van der Waals surface area (Å²) in [5.74, 6) is -0.615. The Morgan fingerprint density at radius 1 is 1.03 bits per heavy atom. The second kappa shape index (κ2) is 10.0. The molecule has 0 bridgehead atoms. The minimum absolute atomic E-state index is 0.241. The molecule has 3 aromatic carbocycles. The zero-order chi connectivity index (χ0) is 24.4. The number of piperidine rings is 1. The second-order valence-electron chi connectivity index (χ2n) is 9.55. The summed E-state index contributed by atoms with van der Waals surface area (Å²) in [6, 6.07) is 23.3. The van der Waals surface area contributed by atoms with E-state index in [1.54, 1.807) is 6.07 Å². The van der Waals surface area contributed by atoms with Gasteiger partial charge in [0, 0.05) is 23.8 Å². The number of hydrogen-bond donors (Lipinski definition) is 2. The van der Waals surface area contributed by atoms with Crippen LogP contribution in [0.25, 0.3) is 11.3 Å². The number of nitrogens with zero attached hydrogens (tertiary/aromatic N) is 2. The Bertz CT molecular complexity index is 1230. The van der Waals surface area contributed by atoms with E-state index in [9.17, 15) is 9.18 Å². The summed E-state index contributed by atoms with van der Waals surface area (Å²) >= 11 is 0. The predicted molar refractivity (Wildman–Crippen MR) is 140 cm³/mol. The predicted octanol–water partition coefficient (Wildman–Crippen LogP) is 5.28. The number of rotatable bonds is 6. The number of hydrogen-bond acceptors (Lipinski definition) is 4. The highest BCUT2D eigenvalue weighted by molar-refractivity contribution is 6.37. The standard InChI is InChI=1S/C29H31FN4O/c1-33(2)24-14-16-34(17-15-24)19-20-8-11-23(12-9-20)31-28(21-6-4-3-5-7-21)27-25-13-10-22(30)18-26(25)32-29(27)35/h3-13,18,24,31H,14-17,19H2,1-2H3,(H,32,35)/b28-27-.